The maximum atomic E-state index is 3.76. The maximum absolute atomic E-state index is 3.76. The molecule has 1 aliphatic heterocycles. The van der Waals surface area contributed by atoms with Crippen LogP contribution in [0.5, 0.6) is 0 Å². The molecule has 1 N–H and O–H groups in total. The van der Waals surface area contributed by atoms with Gasteiger partial charge in [0.15, 0.2) is 0 Å². The lowest BCUT2D eigenvalue weighted by molar-refractivity contribution is 0.295. The molecule has 0 spiro atoms. The molecule has 1 saturated heterocycles. The van der Waals surface area contributed by atoms with Gasteiger partial charge in [-0.15, -0.1) is 0 Å². The molecule has 2 saturated carbocycles. The van der Waals surface area contributed by atoms with Gasteiger partial charge in [0.05, 0.1) is 0 Å². The van der Waals surface area contributed by atoms with E-state index >= 15 is 0 Å². The maximum Gasteiger partial charge on any atom is 0.0166 e. The van der Waals surface area contributed by atoms with Crippen molar-refractivity contribution < 1.29 is 0 Å². The van der Waals surface area contributed by atoms with Crippen LogP contribution in [0.15, 0.2) is 0 Å². The molecule has 16 heavy (non-hydrogen) atoms. The highest BCUT2D eigenvalue weighted by Gasteiger charge is 2.51. The average Bonchev–Trinajstić information content (AvgIpc) is 2.75. The Kier molecular flexibility index (Phi) is 3.21. The van der Waals surface area contributed by atoms with E-state index in [4.69, 9.17) is 0 Å². The van der Waals surface area contributed by atoms with Gasteiger partial charge in [-0.25, -0.2) is 0 Å². The highest BCUT2D eigenvalue weighted by Crippen LogP contribution is 2.57. The third-order valence-electron chi connectivity index (χ3n) is 5.02. The first kappa shape index (κ1) is 11.0. The zero-order valence-corrected chi connectivity index (χ0v) is 10.6. The Morgan fingerprint density at radius 1 is 1.12 bits per heavy atom. The van der Waals surface area contributed by atoms with Crippen LogP contribution in [-0.4, -0.2) is 37.1 Å². The van der Waals surface area contributed by atoms with E-state index in [1.807, 2.05) is 0 Å². The molecule has 0 aromatic rings. The molecule has 0 radical (unpaired) electrons. The minimum absolute atomic E-state index is 0.694. The van der Waals surface area contributed by atoms with Gasteiger partial charge in [-0.3, -0.25) is 0 Å². The Morgan fingerprint density at radius 2 is 1.81 bits per heavy atom. The van der Waals surface area contributed by atoms with Gasteiger partial charge in [0, 0.05) is 12.6 Å². The van der Waals surface area contributed by atoms with Crippen molar-refractivity contribution in [2.24, 2.45) is 17.8 Å². The SMILES string of the molecule is CC(CN1CCCC1)NCC1C2CCCC21. The van der Waals surface area contributed by atoms with E-state index in [1.54, 1.807) is 0 Å². The average molecular weight is 222 g/mol. The molecule has 2 heteroatoms. The van der Waals surface area contributed by atoms with Crippen molar-refractivity contribution in [3.8, 4) is 0 Å². The first-order valence-electron chi connectivity index (χ1n) is 7.30. The number of hydrogen-bond donors (Lipinski definition) is 1. The molecule has 3 unspecified atom stereocenters. The molecule has 1 heterocycles. The number of hydrogen-bond acceptors (Lipinski definition) is 2. The van der Waals surface area contributed by atoms with Gasteiger partial charge in [0.1, 0.15) is 0 Å². The van der Waals surface area contributed by atoms with Crippen LogP contribution in [0.25, 0.3) is 0 Å². The Balaban J connectivity index is 1.32. The van der Waals surface area contributed by atoms with Gasteiger partial charge in [-0.1, -0.05) is 6.42 Å². The fourth-order valence-corrected chi connectivity index (χ4v) is 4.03. The van der Waals surface area contributed by atoms with E-state index < -0.39 is 0 Å². The predicted molar refractivity (Wildman–Crippen MR) is 67.5 cm³/mol. The standard InChI is InChI=1S/C14H26N2/c1-11(10-16-7-2-3-8-16)15-9-14-12-5-4-6-13(12)14/h11-15H,2-10H2,1H3. The summed E-state index contributed by atoms with van der Waals surface area (Å²) in [5.41, 5.74) is 0. The van der Waals surface area contributed by atoms with Crippen LogP contribution in [-0.2, 0) is 0 Å². The van der Waals surface area contributed by atoms with E-state index in [2.05, 4.69) is 17.1 Å². The normalized spacial score (nSPS) is 39.9. The van der Waals surface area contributed by atoms with Crippen molar-refractivity contribution in [3.05, 3.63) is 0 Å². The van der Waals surface area contributed by atoms with Crippen LogP contribution in [0, 0.1) is 17.8 Å². The van der Waals surface area contributed by atoms with Gasteiger partial charge in [0.2, 0.25) is 0 Å². The fraction of sp³-hybridized carbons (Fsp3) is 1.00. The second kappa shape index (κ2) is 4.66. The predicted octanol–water partition coefficient (Wildman–Crippen LogP) is 2.11. The van der Waals surface area contributed by atoms with Crippen LogP contribution in [0.2, 0.25) is 0 Å². The lowest BCUT2D eigenvalue weighted by Gasteiger charge is -2.21. The Labute approximate surface area is 99.8 Å². The molecule has 3 aliphatic rings. The van der Waals surface area contributed by atoms with Crippen molar-refractivity contribution in [2.75, 3.05) is 26.2 Å². The monoisotopic (exact) mass is 222 g/mol. The zero-order chi connectivity index (χ0) is 11.0. The lowest BCUT2D eigenvalue weighted by atomic mass is 10.1. The van der Waals surface area contributed by atoms with Crippen LogP contribution in [0.1, 0.15) is 39.0 Å². The van der Waals surface area contributed by atoms with Crippen molar-refractivity contribution in [3.63, 3.8) is 0 Å². The molecule has 0 aromatic carbocycles. The Bertz CT molecular complexity index is 225. The summed E-state index contributed by atoms with van der Waals surface area (Å²) in [4.78, 5) is 2.62. The number of fused-ring (bicyclic) bond motifs is 1. The Morgan fingerprint density at radius 3 is 2.50 bits per heavy atom. The minimum atomic E-state index is 0.694. The number of rotatable bonds is 5. The molecular weight excluding hydrogens is 196 g/mol. The molecule has 3 rings (SSSR count). The number of nitrogens with zero attached hydrogens (tertiary/aromatic N) is 1. The summed E-state index contributed by atoms with van der Waals surface area (Å²) in [5, 5.41) is 3.76. The van der Waals surface area contributed by atoms with Crippen molar-refractivity contribution in [1.29, 1.82) is 0 Å². The molecule has 3 atom stereocenters. The lowest BCUT2D eigenvalue weighted by Crippen LogP contribution is -2.39. The molecule has 92 valence electrons. The van der Waals surface area contributed by atoms with Gasteiger partial charge < -0.3 is 10.2 Å². The van der Waals surface area contributed by atoms with E-state index in [1.165, 1.54) is 58.3 Å². The largest absolute Gasteiger partial charge is 0.313 e. The summed E-state index contributed by atoms with van der Waals surface area (Å²) in [5.74, 6) is 3.28. The summed E-state index contributed by atoms with van der Waals surface area (Å²) in [6.07, 6.45) is 7.39. The number of likely N-dealkylation sites (tertiary alicyclic amines) is 1. The third kappa shape index (κ3) is 2.28. The zero-order valence-electron chi connectivity index (χ0n) is 10.6. The second-order valence-electron chi connectivity index (χ2n) is 6.24. The van der Waals surface area contributed by atoms with Crippen LogP contribution < -0.4 is 5.32 Å². The summed E-state index contributed by atoms with van der Waals surface area (Å²) in [7, 11) is 0. The third-order valence-corrected chi connectivity index (χ3v) is 5.02. The highest BCUT2D eigenvalue weighted by atomic mass is 15.2. The Hall–Kier alpha value is -0.0800. The van der Waals surface area contributed by atoms with E-state index in [0.717, 1.165) is 17.8 Å². The molecule has 3 fully saturated rings. The molecule has 0 aromatic heterocycles. The van der Waals surface area contributed by atoms with E-state index in [9.17, 15) is 0 Å². The molecule has 2 aliphatic carbocycles. The summed E-state index contributed by atoms with van der Waals surface area (Å²) >= 11 is 0. The van der Waals surface area contributed by atoms with Gasteiger partial charge in [-0.05, 0) is 70.0 Å². The van der Waals surface area contributed by atoms with Gasteiger partial charge in [-0.2, -0.15) is 0 Å². The smallest absolute Gasteiger partial charge is 0.0166 e. The first-order chi connectivity index (χ1) is 7.84. The molecule has 0 amide bonds. The number of nitrogens with one attached hydrogen (secondary N) is 1. The van der Waals surface area contributed by atoms with Crippen LogP contribution in [0.4, 0.5) is 0 Å². The van der Waals surface area contributed by atoms with Gasteiger partial charge >= 0.3 is 0 Å². The second-order valence-corrected chi connectivity index (χ2v) is 6.24. The highest BCUT2D eigenvalue weighted by molar-refractivity contribution is 5.02. The van der Waals surface area contributed by atoms with Crippen LogP contribution in [0.3, 0.4) is 0 Å². The van der Waals surface area contributed by atoms with E-state index in [-0.39, 0.29) is 0 Å². The van der Waals surface area contributed by atoms with Crippen molar-refractivity contribution in [2.45, 2.75) is 45.1 Å². The van der Waals surface area contributed by atoms with E-state index in [0.29, 0.717) is 6.04 Å². The molecular formula is C14H26N2. The van der Waals surface area contributed by atoms with Crippen molar-refractivity contribution in [1.82, 2.24) is 10.2 Å². The van der Waals surface area contributed by atoms with Crippen molar-refractivity contribution >= 4 is 0 Å². The van der Waals surface area contributed by atoms with Crippen LogP contribution >= 0.6 is 0 Å². The first-order valence-corrected chi connectivity index (χ1v) is 7.30. The fourth-order valence-electron chi connectivity index (χ4n) is 4.03. The topological polar surface area (TPSA) is 15.3 Å². The summed E-state index contributed by atoms with van der Waals surface area (Å²) < 4.78 is 0. The summed E-state index contributed by atoms with van der Waals surface area (Å²) in [6, 6.07) is 0.694. The van der Waals surface area contributed by atoms with Gasteiger partial charge in [0.25, 0.3) is 0 Å². The molecule has 2 nitrogen and oxygen atoms in total. The molecule has 0 bridgehead atoms. The minimum Gasteiger partial charge on any atom is -0.313 e. The quantitative estimate of drug-likeness (QED) is 0.766. The summed E-state index contributed by atoms with van der Waals surface area (Å²) in [6.45, 7) is 7.59.